The largest absolute Gasteiger partial charge is 0.334 e. The van der Waals surface area contributed by atoms with Gasteiger partial charge in [0.1, 0.15) is 5.84 Å². The number of halogens is 1. The van der Waals surface area contributed by atoms with Crippen LogP contribution in [0, 0.1) is 6.92 Å². The second-order valence-corrected chi connectivity index (χ2v) is 5.08. The number of nitrogens with zero attached hydrogens (tertiary/aromatic N) is 2. The highest BCUT2D eigenvalue weighted by molar-refractivity contribution is 6.33. The van der Waals surface area contributed by atoms with Crippen LogP contribution in [0.4, 0.5) is 5.69 Å². The smallest absolute Gasteiger partial charge is 0.109 e. The third-order valence-corrected chi connectivity index (χ3v) is 3.61. The quantitative estimate of drug-likeness (QED) is 0.754. The normalized spacial score (nSPS) is 18.8. The van der Waals surface area contributed by atoms with Crippen LogP contribution in [-0.2, 0) is 0 Å². The van der Waals surface area contributed by atoms with Crippen molar-refractivity contribution >= 4 is 23.1 Å². The molecule has 0 amide bonds. The molecule has 0 unspecified atom stereocenters. The van der Waals surface area contributed by atoms with Gasteiger partial charge < -0.3 is 4.90 Å². The van der Waals surface area contributed by atoms with Gasteiger partial charge in [-0.25, -0.2) is 4.99 Å². The summed E-state index contributed by atoms with van der Waals surface area (Å²) in [7, 11) is 0. The third-order valence-electron chi connectivity index (χ3n) is 3.29. The van der Waals surface area contributed by atoms with Gasteiger partial charge in [-0.1, -0.05) is 23.7 Å². The van der Waals surface area contributed by atoms with Crippen LogP contribution in [0.3, 0.4) is 0 Å². The maximum Gasteiger partial charge on any atom is 0.109 e. The van der Waals surface area contributed by atoms with Crippen LogP contribution in [0.5, 0.6) is 0 Å². The number of hydrogen-bond donors (Lipinski definition) is 0. The van der Waals surface area contributed by atoms with Gasteiger partial charge in [0.2, 0.25) is 0 Å². The molecule has 0 atom stereocenters. The van der Waals surface area contributed by atoms with Gasteiger partial charge in [-0.05, 0) is 44.9 Å². The highest BCUT2D eigenvalue weighted by Gasteiger charge is 2.19. The average molecular weight is 263 g/mol. The second-order valence-electron chi connectivity index (χ2n) is 4.67. The highest BCUT2D eigenvalue weighted by Crippen LogP contribution is 2.28. The predicted molar refractivity (Wildman–Crippen MR) is 78.7 cm³/mol. The van der Waals surface area contributed by atoms with Gasteiger partial charge in [-0.3, -0.25) is 0 Å². The topological polar surface area (TPSA) is 15.6 Å². The van der Waals surface area contributed by atoms with Crippen LogP contribution < -0.4 is 0 Å². The molecule has 1 heterocycles. The molecule has 0 spiro atoms. The lowest BCUT2D eigenvalue weighted by Crippen LogP contribution is -2.22. The van der Waals surface area contributed by atoms with Crippen molar-refractivity contribution in [1.29, 1.82) is 0 Å². The molecule has 1 aliphatic rings. The van der Waals surface area contributed by atoms with Crippen LogP contribution in [0.1, 0.15) is 32.3 Å². The van der Waals surface area contributed by atoms with E-state index in [9.17, 15) is 0 Å². The van der Waals surface area contributed by atoms with E-state index in [2.05, 4.69) is 31.7 Å². The van der Waals surface area contributed by atoms with E-state index in [1.165, 1.54) is 11.3 Å². The lowest BCUT2D eigenvalue weighted by Gasteiger charge is -2.19. The molecule has 0 radical (unpaired) electrons. The van der Waals surface area contributed by atoms with Gasteiger partial charge in [0.15, 0.2) is 0 Å². The fourth-order valence-electron chi connectivity index (χ4n) is 2.16. The molecular weight excluding hydrogens is 244 g/mol. The van der Waals surface area contributed by atoms with Gasteiger partial charge in [-0.2, -0.15) is 0 Å². The van der Waals surface area contributed by atoms with Crippen LogP contribution in [-0.4, -0.2) is 17.3 Å². The molecule has 2 rings (SSSR count). The Labute approximate surface area is 114 Å². The Morgan fingerprint density at radius 2 is 2.22 bits per heavy atom. The van der Waals surface area contributed by atoms with Gasteiger partial charge in [0.25, 0.3) is 0 Å². The average Bonchev–Trinajstić information content (AvgIpc) is 2.81. The highest BCUT2D eigenvalue weighted by atomic mass is 35.5. The predicted octanol–water partition coefficient (Wildman–Crippen LogP) is 4.70. The molecule has 96 valence electrons. The molecule has 0 N–H and O–H groups in total. The summed E-state index contributed by atoms with van der Waals surface area (Å²) in [5.41, 5.74) is 3.32. The first-order valence-corrected chi connectivity index (χ1v) is 6.74. The number of rotatable bonds is 2. The first-order valence-electron chi connectivity index (χ1n) is 6.36. The standard InChI is InChI=1S/C15H19ClN2/c1-4-12(3)18-9-5-6-15(18)17-14-10-11(2)7-8-13(14)16/h4,7-8,10H,5-6,9H2,1-3H3/b12-4-,17-15?. The van der Waals surface area contributed by atoms with Crippen LogP contribution in [0.2, 0.25) is 5.02 Å². The third kappa shape index (κ3) is 2.75. The zero-order valence-corrected chi connectivity index (χ0v) is 12.0. The van der Waals surface area contributed by atoms with Crippen molar-refractivity contribution in [3.8, 4) is 0 Å². The van der Waals surface area contributed by atoms with Crippen molar-refractivity contribution in [2.24, 2.45) is 4.99 Å². The van der Waals surface area contributed by atoms with Crippen LogP contribution in [0.25, 0.3) is 0 Å². The van der Waals surface area contributed by atoms with Crippen molar-refractivity contribution in [1.82, 2.24) is 4.90 Å². The number of benzene rings is 1. The number of likely N-dealkylation sites (tertiary alicyclic amines) is 1. The minimum atomic E-state index is 0.720. The SMILES string of the molecule is C/C=C(/C)N1CCCC1=Nc1cc(C)ccc1Cl. The lowest BCUT2D eigenvalue weighted by atomic mass is 10.2. The minimum Gasteiger partial charge on any atom is -0.334 e. The van der Waals surface area contributed by atoms with Crippen molar-refractivity contribution in [3.05, 3.63) is 40.6 Å². The van der Waals surface area contributed by atoms with Crippen molar-refractivity contribution < 1.29 is 0 Å². The molecule has 2 nitrogen and oxygen atoms in total. The zero-order valence-electron chi connectivity index (χ0n) is 11.2. The summed E-state index contributed by atoms with van der Waals surface area (Å²) in [4.78, 5) is 7.02. The van der Waals surface area contributed by atoms with E-state index in [-0.39, 0.29) is 0 Å². The van der Waals surface area contributed by atoms with Gasteiger partial charge >= 0.3 is 0 Å². The van der Waals surface area contributed by atoms with E-state index in [0.29, 0.717) is 0 Å². The van der Waals surface area contributed by atoms with E-state index in [1.54, 1.807) is 0 Å². The Morgan fingerprint density at radius 1 is 1.44 bits per heavy atom. The molecule has 1 saturated heterocycles. The number of aryl methyl sites for hydroxylation is 1. The van der Waals surface area contributed by atoms with Crippen LogP contribution >= 0.6 is 11.6 Å². The van der Waals surface area contributed by atoms with Crippen molar-refractivity contribution in [3.63, 3.8) is 0 Å². The first kappa shape index (κ1) is 13.2. The molecule has 0 saturated carbocycles. The fourth-order valence-corrected chi connectivity index (χ4v) is 2.32. The van der Waals surface area contributed by atoms with Gasteiger partial charge in [0.05, 0.1) is 10.7 Å². The van der Waals surface area contributed by atoms with E-state index >= 15 is 0 Å². The Hall–Kier alpha value is -1.28. The van der Waals surface area contributed by atoms with Gasteiger partial charge in [0, 0.05) is 18.7 Å². The maximum atomic E-state index is 6.20. The molecule has 1 aromatic carbocycles. The second kappa shape index (κ2) is 5.57. The zero-order chi connectivity index (χ0) is 13.1. The summed E-state index contributed by atoms with van der Waals surface area (Å²) in [5, 5.41) is 0.720. The van der Waals surface area contributed by atoms with Crippen molar-refractivity contribution in [2.75, 3.05) is 6.54 Å². The summed E-state index contributed by atoms with van der Waals surface area (Å²) >= 11 is 6.20. The molecule has 0 aliphatic carbocycles. The number of aliphatic imine (C=N–C) groups is 1. The molecule has 1 aromatic rings. The van der Waals surface area contributed by atoms with E-state index in [1.807, 2.05) is 18.2 Å². The summed E-state index contributed by atoms with van der Waals surface area (Å²) in [6.07, 6.45) is 4.31. The molecule has 0 aromatic heterocycles. The molecule has 3 heteroatoms. The Bertz CT molecular complexity index is 503. The summed E-state index contributed by atoms with van der Waals surface area (Å²) in [6, 6.07) is 5.96. The molecular formula is C15H19ClN2. The monoisotopic (exact) mass is 262 g/mol. The lowest BCUT2D eigenvalue weighted by molar-refractivity contribution is 0.555. The van der Waals surface area contributed by atoms with Gasteiger partial charge in [-0.15, -0.1) is 0 Å². The summed E-state index contributed by atoms with van der Waals surface area (Å²) in [6.45, 7) is 7.30. The minimum absolute atomic E-state index is 0.720. The Morgan fingerprint density at radius 3 is 2.94 bits per heavy atom. The first-order chi connectivity index (χ1) is 8.61. The number of amidine groups is 1. The number of hydrogen-bond acceptors (Lipinski definition) is 1. The molecule has 0 bridgehead atoms. The van der Waals surface area contributed by atoms with E-state index in [4.69, 9.17) is 16.6 Å². The number of allylic oxidation sites excluding steroid dienone is 2. The molecule has 1 aliphatic heterocycles. The Kier molecular flexibility index (Phi) is 4.07. The molecule has 18 heavy (non-hydrogen) atoms. The van der Waals surface area contributed by atoms with E-state index in [0.717, 1.165) is 35.9 Å². The van der Waals surface area contributed by atoms with E-state index < -0.39 is 0 Å². The van der Waals surface area contributed by atoms with Crippen LogP contribution in [0.15, 0.2) is 35.0 Å². The summed E-state index contributed by atoms with van der Waals surface area (Å²) in [5.74, 6) is 1.12. The molecule has 1 fully saturated rings. The fraction of sp³-hybridized carbons (Fsp3) is 0.400. The summed E-state index contributed by atoms with van der Waals surface area (Å²) < 4.78 is 0. The van der Waals surface area contributed by atoms with Crippen molar-refractivity contribution in [2.45, 2.75) is 33.6 Å². The Balaban J connectivity index is 2.35. The maximum absolute atomic E-state index is 6.20.